The van der Waals surface area contributed by atoms with Crippen LogP contribution in [-0.4, -0.2) is 53.8 Å². The molecule has 1 aromatic heterocycles. The fourth-order valence-corrected chi connectivity index (χ4v) is 4.33. The molecule has 0 amide bonds. The van der Waals surface area contributed by atoms with E-state index in [4.69, 9.17) is 0 Å². The average Bonchev–Trinajstić information content (AvgIpc) is 3.07. The first-order valence-electron chi connectivity index (χ1n) is 7.77. The molecule has 2 fully saturated rings. The summed E-state index contributed by atoms with van der Waals surface area (Å²) in [6, 6.07) is 5.28. The van der Waals surface area contributed by atoms with E-state index in [-0.39, 0.29) is 0 Å². The third-order valence-corrected chi connectivity index (χ3v) is 5.97. The Hall–Kier alpha value is -0.710. The van der Waals surface area contributed by atoms with Crippen LogP contribution < -0.4 is 0 Å². The molecule has 0 aromatic carbocycles. The quantitative estimate of drug-likeness (QED) is 0.797. The van der Waals surface area contributed by atoms with Gasteiger partial charge in [-0.15, -0.1) is 11.3 Å². The molecule has 0 aliphatic carbocycles. The van der Waals surface area contributed by atoms with Crippen molar-refractivity contribution in [2.24, 2.45) is 0 Å². The van der Waals surface area contributed by atoms with Crippen molar-refractivity contribution in [3.63, 3.8) is 0 Å². The molecule has 3 rings (SSSR count). The van der Waals surface area contributed by atoms with Gasteiger partial charge in [0, 0.05) is 30.1 Å². The van der Waals surface area contributed by atoms with Crippen molar-refractivity contribution < 1.29 is 4.79 Å². The predicted octanol–water partition coefficient (Wildman–Crippen LogP) is 2.66. The first-order valence-corrected chi connectivity index (χ1v) is 8.59. The molecule has 2 aliphatic rings. The van der Waals surface area contributed by atoms with Crippen LogP contribution in [0.3, 0.4) is 0 Å². The zero-order chi connectivity index (χ0) is 14.1. The van der Waals surface area contributed by atoms with Gasteiger partial charge in [-0.3, -0.25) is 14.6 Å². The number of carbonyl (C=O) groups is 1. The molecule has 4 heteroatoms. The van der Waals surface area contributed by atoms with E-state index in [0.717, 1.165) is 24.4 Å². The number of hydrogen-bond donors (Lipinski definition) is 0. The molecule has 0 bridgehead atoms. The van der Waals surface area contributed by atoms with Gasteiger partial charge in [0.25, 0.3) is 0 Å². The molecule has 20 heavy (non-hydrogen) atoms. The molecule has 0 N–H and O–H groups in total. The molecule has 0 saturated carbocycles. The highest BCUT2D eigenvalue weighted by Gasteiger charge is 2.35. The number of rotatable bonds is 4. The number of fused-ring (bicyclic) bond motifs is 1. The van der Waals surface area contributed by atoms with Crippen molar-refractivity contribution in [1.82, 2.24) is 9.80 Å². The third-order valence-electron chi connectivity index (χ3n) is 4.70. The fraction of sp³-hybridized carbons (Fsp3) is 0.688. The maximum Gasteiger partial charge on any atom is 0.186 e. The summed E-state index contributed by atoms with van der Waals surface area (Å²) in [4.78, 5) is 19.7. The second-order valence-corrected chi connectivity index (χ2v) is 7.28. The van der Waals surface area contributed by atoms with Crippen molar-refractivity contribution in [1.29, 1.82) is 0 Å². The Kier molecular flexibility index (Phi) is 4.24. The number of aryl methyl sites for hydroxylation is 1. The smallest absolute Gasteiger partial charge is 0.186 e. The largest absolute Gasteiger partial charge is 0.298 e. The Morgan fingerprint density at radius 3 is 3.00 bits per heavy atom. The normalized spacial score (nSPS) is 27.7. The molecular weight excluding hydrogens is 268 g/mol. The molecular formula is C16H24N2OS. The lowest BCUT2D eigenvalue weighted by atomic mass is 10.1. The summed E-state index contributed by atoms with van der Waals surface area (Å²) in [6.07, 6.45) is 3.65. The van der Waals surface area contributed by atoms with Crippen LogP contribution in [0.15, 0.2) is 12.1 Å². The van der Waals surface area contributed by atoms with E-state index >= 15 is 0 Å². The lowest BCUT2D eigenvalue weighted by Crippen LogP contribution is -2.55. The minimum absolute atomic E-state index is 0.299. The molecule has 3 nitrogen and oxygen atoms in total. The number of piperazine rings is 1. The van der Waals surface area contributed by atoms with E-state index < -0.39 is 0 Å². The van der Waals surface area contributed by atoms with Crippen molar-refractivity contribution in [3.8, 4) is 0 Å². The van der Waals surface area contributed by atoms with Gasteiger partial charge in [0.1, 0.15) is 0 Å². The van der Waals surface area contributed by atoms with Gasteiger partial charge in [-0.1, -0.05) is 6.92 Å². The second-order valence-electron chi connectivity index (χ2n) is 6.11. The molecule has 2 atom stereocenters. The van der Waals surface area contributed by atoms with Gasteiger partial charge in [0.05, 0.1) is 11.4 Å². The third kappa shape index (κ3) is 2.83. The summed E-state index contributed by atoms with van der Waals surface area (Å²) in [5.41, 5.74) is 0. The Balaban J connectivity index is 1.63. The zero-order valence-corrected chi connectivity index (χ0v) is 13.3. The number of ketones is 1. The monoisotopic (exact) mass is 292 g/mol. The average molecular weight is 292 g/mol. The van der Waals surface area contributed by atoms with E-state index in [9.17, 15) is 4.79 Å². The molecule has 2 unspecified atom stereocenters. The van der Waals surface area contributed by atoms with E-state index in [2.05, 4.69) is 29.7 Å². The molecule has 1 aromatic rings. The van der Waals surface area contributed by atoms with Crippen LogP contribution in [-0.2, 0) is 6.42 Å². The van der Waals surface area contributed by atoms with Gasteiger partial charge >= 0.3 is 0 Å². The molecule has 0 spiro atoms. The Labute approximate surface area is 125 Å². The Morgan fingerprint density at radius 1 is 1.40 bits per heavy atom. The van der Waals surface area contributed by atoms with Crippen LogP contribution in [0.1, 0.15) is 41.2 Å². The van der Waals surface area contributed by atoms with Gasteiger partial charge in [-0.2, -0.15) is 0 Å². The first-order chi connectivity index (χ1) is 9.67. The molecule has 3 heterocycles. The summed E-state index contributed by atoms with van der Waals surface area (Å²) in [5.74, 6) is 0.299. The van der Waals surface area contributed by atoms with Crippen LogP contribution in [0, 0.1) is 0 Å². The summed E-state index contributed by atoms with van der Waals surface area (Å²) < 4.78 is 0. The molecule has 0 radical (unpaired) electrons. The van der Waals surface area contributed by atoms with Crippen molar-refractivity contribution in [2.75, 3.05) is 26.2 Å². The van der Waals surface area contributed by atoms with Crippen LogP contribution in [0.4, 0.5) is 0 Å². The maximum absolute atomic E-state index is 12.4. The fourth-order valence-electron chi connectivity index (χ4n) is 3.45. The van der Waals surface area contributed by atoms with Gasteiger partial charge in [-0.25, -0.2) is 0 Å². The molecule has 2 saturated heterocycles. The topological polar surface area (TPSA) is 23.6 Å². The van der Waals surface area contributed by atoms with Gasteiger partial charge < -0.3 is 0 Å². The van der Waals surface area contributed by atoms with E-state index in [0.29, 0.717) is 24.4 Å². The van der Waals surface area contributed by atoms with Gasteiger partial charge in [0.2, 0.25) is 0 Å². The summed E-state index contributed by atoms with van der Waals surface area (Å²) in [5, 5.41) is 0. The maximum atomic E-state index is 12.4. The van der Waals surface area contributed by atoms with Crippen LogP contribution >= 0.6 is 11.3 Å². The second kappa shape index (κ2) is 5.96. The first kappa shape index (κ1) is 14.2. The SMILES string of the molecule is CCc1ccc(C(=O)CN2CC3CCCN3CC2C)s1. The highest BCUT2D eigenvalue weighted by molar-refractivity contribution is 7.14. The van der Waals surface area contributed by atoms with Crippen LogP contribution in [0.5, 0.6) is 0 Å². The number of carbonyl (C=O) groups excluding carboxylic acids is 1. The minimum Gasteiger partial charge on any atom is -0.298 e. The summed E-state index contributed by atoms with van der Waals surface area (Å²) in [6.45, 7) is 8.44. The number of thiophene rings is 1. The van der Waals surface area contributed by atoms with Gasteiger partial charge in [-0.05, 0) is 44.9 Å². The van der Waals surface area contributed by atoms with Crippen molar-refractivity contribution in [3.05, 3.63) is 21.9 Å². The predicted molar refractivity (Wildman–Crippen MR) is 83.7 cm³/mol. The van der Waals surface area contributed by atoms with E-state index in [1.54, 1.807) is 11.3 Å². The number of nitrogens with zero attached hydrogens (tertiary/aromatic N) is 2. The molecule has 110 valence electrons. The lowest BCUT2D eigenvalue weighted by Gasteiger charge is -2.41. The van der Waals surface area contributed by atoms with Gasteiger partial charge in [0.15, 0.2) is 5.78 Å². The number of hydrogen-bond acceptors (Lipinski definition) is 4. The Morgan fingerprint density at radius 2 is 2.25 bits per heavy atom. The highest BCUT2D eigenvalue weighted by atomic mass is 32.1. The summed E-state index contributed by atoms with van der Waals surface area (Å²) in [7, 11) is 0. The summed E-state index contributed by atoms with van der Waals surface area (Å²) >= 11 is 1.66. The standard InChI is InChI=1S/C16H24N2OS/c1-3-14-6-7-16(20-14)15(19)11-18-10-13-5-4-8-17(13)9-12(18)2/h6-7,12-13H,3-5,8-11H2,1-2H3. The van der Waals surface area contributed by atoms with Crippen molar-refractivity contribution >= 4 is 17.1 Å². The molecule has 2 aliphatic heterocycles. The number of Topliss-reactive ketones (excluding diaryl/α,β-unsaturated/α-hetero) is 1. The highest BCUT2D eigenvalue weighted by Crippen LogP contribution is 2.25. The van der Waals surface area contributed by atoms with E-state index in [1.807, 2.05) is 6.07 Å². The van der Waals surface area contributed by atoms with Crippen LogP contribution in [0.2, 0.25) is 0 Å². The van der Waals surface area contributed by atoms with Crippen molar-refractivity contribution in [2.45, 2.75) is 45.2 Å². The van der Waals surface area contributed by atoms with Crippen LogP contribution in [0.25, 0.3) is 0 Å². The Bertz CT molecular complexity index is 485. The zero-order valence-electron chi connectivity index (χ0n) is 12.5. The lowest BCUT2D eigenvalue weighted by molar-refractivity contribution is 0.0537. The minimum atomic E-state index is 0.299. The van der Waals surface area contributed by atoms with E-state index in [1.165, 1.54) is 24.3 Å².